The molecule has 0 radical (unpaired) electrons. The first-order valence-electron chi connectivity index (χ1n) is 6.57. The smallest absolute Gasteiger partial charge is 0.0465 e. The Hall–Kier alpha value is 0.0400. The maximum atomic E-state index is 5.90. The van der Waals surface area contributed by atoms with E-state index in [2.05, 4.69) is 6.08 Å². The number of rotatable bonds is 2. The molecule has 0 nitrogen and oxygen atoms in total. The van der Waals surface area contributed by atoms with E-state index in [-0.39, 0.29) is 0 Å². The molecule has 1 aromatic carbocycles. The van der Waals surface area contributed by atoms with Crippen LogP contribution in [0.2, 0.25) is 5.02 Å². The lowest BCUT2D eigenvalue weighted by Crippen LogP contribution is -2.19. The molecular weight excluding hydrogens is 312 g/mol. The number of hydrogen-bond acceptors (Lipinski definition) is 3. The van der Waals surface area contributed by atoms with Crippen LogP contribution in [-0.4, -0.2) is 15.4 Å². The third kappa shape index (κ3) is 3.38. The fourth-order valence-corrected chi connectivity index (χ4v) is 6.47. The first-order chi connectivity index (χ1) is 9.22. The molecule has 1 aliphatic carbocycles. The Kier molecular flexibility index (Phi) is 4.58. The van der Waals surface area contributed by atoms with Crippen molar-refractivity contribution >= 4 is 52.2 Å². The van der Waals surface area contributed by atoms with Gasteiger partial charge in [-0.2, -0.15) is 0 Å². The fourth-order valence-electron chi connectivity index (χ4n) is 2.53. The zero-order chi connectivity index (χ0) is 13.2. The highest BCUT2D eigenvalue weighted by Gasteiger charge is 2.33. The minimum Gasteiger partial charge on any atom is -0.115 e. The minimum atomic E-state index is 0.759. The third-order valence-corrected chi connectivity index (χ3v) is 7.34. The van der Waals surface area contributed by atoms with Gasteiger partial charge in [0.25, 0.3) is 0 Å². The van der Waals surface area contributed by atoms with Crippen molar-refractivity contribution in [2.45, 2.75) is 36.2 Å². The van der Waals surface area contributed by atoms with Gasteiger partial charge in [0.1, 0.15) is 0 Å². The Morgan fingerprint density at radius 1 is 1.11 bits per heavy atom. The summed E-state index contributed by atoms with van der Waals surface area (Å²) in [5.41, 5.74) is 1.09. The van der Waals surface area contributed by atoms with Crippen LogP contribution in [-0.2, 0) is 0 Å². The Labute approximate surface area is 133 Å². The van der Waals surface area contributed by atoms with Gasteiger partial charge in [-0.05, 0) is 36.6 Å². The van der Waals surface area contributed by atoms with E-state index in [4.69, 9.17) is 23.8 Å². The monoisotopic (exact) mass is 326 g/mol. The number of halogens is 1. The van der Waals surface area contributed by atoms with E-state index in [1.165, 1.54) is 29.9 Å². The van der Waals surface area contributed by atoms with Gasteiger partial charge in [0.15, 0.2) is 0 Å². The molecule has 2 aliphatic rings. The van der Waals surface area contributed by atoms with Crippen LogP contribution in [0.1, 0.15) is 31.2 Å². The molecule has 0 bridgehead atoms. The molecule has 2 atom stereocenters. The molecule has 1 aliphatic heterocycles. The molecule has 19 heavy (non-hydrogen) atoms. The number of thiocarbonyl (C=S) groups is 1. The standard InChI is InChI=1S/C15H15ClS3/c16-11-7-5-10(6-8-11)12(17)9-15-18-13-3-1-2-4-14(13)19-15/h5-9,13-14H,1-4H2/t13-,14+. The Morgan fingerprint density at radius 3 is 2.26 bits per heavy atom. The lowest BCUT2D eigenvalue weighted by atomic mass is 10.00. The van der Waals surface area contributed by atoms with Crippen LogP contribution in [0.3, 0.4) is 0 Å². The molecule has 0 amide bonds. The van der Waals surface area contributed by atoms with Gasteiger partial charge in [-0.3, -0.25) is 0 Å². The van der Waals surface area contributed by atoms with Gasteiger partial charge in [-0.25, -0.2) is 0 Å². The van der Waals surface area contributed by atoms with Crippen molar-refractivity contribution in [1.82, 2.24) is 0 Å². The van der Waals surface area contributed by atoms with E-state index in [1.54, 1.807) is 0 Å². The molecule has 0 aromatic heterocycles. The topological polar surface area (TPSA) is 0 Å². The Morgan fingerprint density at radius 2 is 1.68 bits per heavy atom. The van der Waals surface area contributed by atoms with Crippen molar-refractivity contribution in [3.63, 3.8) is 0 Å². The first kappa shape index (κ1) is 14.0. The van der Waals surface area contributed by atoms with Gasteiger partial charge in [0, 0.05) is 24.6 Å². The summed E-state index contributed by atoms with van der Waals surface area (Å²) in [5, 5.41) is 2.39. The molecule has 1 aromatic rings. The normalized spacial score (nSPS) is 28.4. The second-order valence-corrected chi connectivity index (χ2v) is 8.63. The molecule has 2 fully saturated rings. The van der Waals surface area contributed by atoms with Crippen LogP contribution in [0.15, 0.2) is 34.6 Å². The van der Waals surface area contributed by atoms with Crippen LogP contribution in [0.5, 0.6) is 0 Å². The number of hydrogen-bond donors (Lipinski definition) is 0. The Bertz CT molecular complexity index is 491. The summed E-state index contributed by atoms with van der Waals surface area (Å²) in [7, 11) is 0. The van der Waals surface area contributed by atoms with Crippen LogP contribution >= 0.6 is 47.3 Å². The molecule has 0 unspecified atom stereocenters. The van der Waals surface area contributed by atoms with Crippen molar-refractivity contribution in [2.75, 3.05) is 0 Å². The van der Waals surface area contributed by atoms with Crippen LogP contribution in [0.25, 0.3) is 0 Å². The number of benzene rings is 1. The summed E-state index contributed by atoms with van der Waals surface area (Å²) in [6.07, 6.45) is 7.69. The van der Waals surface area contributed by atoms with E-state index in [0.717, 1.165) is 26.0 Å². The van der Waals surface area contributed by atoms with Gasteiger partial charge in [-0.15, -0.1) is 23.5 Å². The molecule has 1 saturated carbocycles. The predicted molar refractivity (Wildman–Crippen MR) is 92.5 cm³/mol. The summed E-state index contributed by atoms with van der Waals surface area (Å²) in [5.74, 6) is 0. The van der Waals surface area contributed by atoms with Gasteiger partial charge in [0.05, 0.1) is 0 Å². The number of allylic oxidation sites excluding steroid dienone is 1. The zero-order valence-electron chi connectivity index (χ0n) is 10.5. The average molecular weight is 327 g/mol. The lowest BCUT2D eigenvalue weighted by molar-refractivity contribution is 0.532. The van der Waals surface area contributed by atoms with Gasteiger partial charge in [0.2, 0.25) is 0 Å². The van der Waals surface area contributed by atoms with Crippen molar-refractivity contribution < 1.29 is 0 Å². The average Bonchev–Trinajstić information content (AvgIpc) is 2.81. The highest BCUT2D eigenvalue weighted by atomic mass is 35.5. The van der Waals surface area contributed by atoms with Crippen molar-refractivity contribution in [3.05, 3.63) is 45.2 Å². The van der Waals surface area contributed by atoms with Crippen molar-refractivity contribution in [2.24, 2.45) is 0 Å². The second kappa shape index (κ2) is 6.21. The summed E-state index contributed by atoms with van der Waals surface area (Å²) >= 11 is 15.5. The molecule has 4 heteroatoms. The highest BCUT2D eigenvalue weighted by Crippen LogP contribution is 2.52. The van der Waals surface area contributed by atoms with E-state index < -0.39 is 0 Å². The molecule has 3 rings (SSSR count). The SMILES string of the molecule is S=C(C=C1S[C@H]2CCCC[C@H]2S1)c1ccc(Cl)cc1. The number of thioether (sulfide) groups is 2. The first-order valence-corrected chi connectivity index (χ1v) is 9.12. The van der Waals surface area contributed by atoms with Crippen molar-refractivity contribution in [1.29, 1.82) is 0 Å². The van der Waals surface area contributed by atoms with E-state index in [0.29, 0.717) is 0 Å². The number of fused-ring (bicyclic) bond motifs is 1. The van der Waals surface area contributed by atoms with Gasteiger partial charge >= 0.3 is 0 Å². The van der Waals surface area contributed by atoms with Crippen LogP contribution in [0.4, 0.5) is 0 Å². The summed E-state index contributed by atoms with van der Waals surface area (Å²) in [4.78, 5) is 0.922. The quantitative estimate of drug-likeness (QED) is 0.389. The van der Waals surface area contributed by atoms with Crippen LogP contribution in [0, 0.1) is 0 Å². The summed E-state index contributed by atoms with van der Waals surface area (Å²) in [6, 6.07) is 7.80. The minimum absolute atomic E-state index is 0.759. The van der Waals surface area contributed by atoms with Gasteiger partial charge < -0.3 is 0 Å². The summed E-state index contributed by atoms with van der Waals surface area (Å²) in [6.45, 7) is 0. The second-order valence-electron chi connectivity index (χ2n) is 4.93. The fraction of sp³-hybridized carbons (Fsp3) is 0.400. The molecule has 1 heterocycles. The maximum Gasteiger partial charge on any atom is 0.0465 e. The molecule has 100 valence electrons. The third-order valence-electron chi connectivity index (χ3n) is 3.55. The lowest BCUT2D eigenvalue weighted by Gasteiger charge is -2.21. The molecule has 1 saturated heterocycles. The van der Waals surface area contributed by atoms with Crippen molar-refractivity contribution in [3.8, 4) is 0 Å². The molecule has 0 spiro atoms. The van der Waals surface area contributed by atoms with Crippen LogP contribution < -0.4 is 0 Å². The predicted octanol–water partition coefficient (Wildman–Crippen LogP) is 5.69. The molecular formula is C15H15ClS3. The Balaban J connectivity index is 1.72. The maximum absolute atomic E-state index is 5.90. The van der Waals surface area contributed by atoms with E-state index >= 15 is 0 Å². The van der Waals surface area contributed by atoms with E-state index in [1.807, 2.05) is 47.8 Å². The highest BCUT2D eigenvalue weighted by molar-refractivity contribution is 8.26. The molecule has 0 N–H and O–H groups in total. The van der Waals surface area contributed by atoms with Gasteiger partial charge in [-0.1, -0.05) is 48.8 Å². The zero-order valence-corrected chi connectivity index (χ0v) is 13.7. The summed E-state index contributed by atoms with van der Waals surface area (Å²) < 4.78 is 1.40. The van der Waals surface area contributed by atoms with E-state index in [9.17, 15) is 0 Å². The largest absolute Gasteiger partial charge is 0.115 e.